The molecule has 3 aliphatic rings. The summed E-state index contributed by atoms with van der Waals surface area (Å²) in [6.07, 6.45) is 1.80. The van der Waals surface area contributed by atoms with Gasteiger partial charge in [0.1, 0.15) is 23.0 Å². The molecule has 0 spiro atoms. The predicted molar refractivity (Wildman–Crippen MR) is 157 cm³/mol. The Balaban J connectivity index is 1.42. The first-order valence-electron chi connectivity index (χ1n) is 14.1. The van der Waals surface area contributed by atoms with Gasteiger partial charge in [-0.2, -0.15) is 0 Å². The van der Waals surface area contributed by atoms with Crippen LogP contribution in [0.4, 0.5) is 0 Å². The quantitative estimate of drug-likeness (QED) is 0.317. The lowest BCUT2D eigenvalue weighted by Gasteiger charge is -2.39. The molecule has 3 aromatic rings. The minimum atomic E-state index is -0.530. The van der Waals surface area contributed by atoms with Crippen molar-refractivity contribution in [2.24, 2.45) is 0 Å². The molecule has 7 nitrogen and oxygen atoms in total. The van der Waals surface area contributed by atoms with Crippen molar-refractivity contribution in [1.82, 2.24) is 0 Å². The van der Waals surface area contributed by atoms with Gasteiger partial charge in [0.25, 0.3) is 0 Å². The molecule has 42 heavy (non-hydrogen) atoms. The zero-order chi connectivity index (χ0) is 29.4. The molecule has 0 radical (unpaired) electrons. The molecule has 0 N–H and O–H groups in total. The maximum atomic E-state index is 14.0. The van der Waals surface area contributed by atoms with Crippen molar-refractivity contribution in [3.8, 4) is 23.0 Å². The van der Waals surface area contributed by atoms with Crippen molar-refractivity contribution in [3.05, 3.63) is 106 Å². The van der Waals surface area contributed by atoms with Gasteiger partial charge in [-0.15, -0.1) is 0 Å². The van der Waals surface area contributed by atoms with Gasteiger partial charge in [-0.1, -0.05) is 30.3 Å². The molecule has 0 fully saturated rings. The minimum Gasteiger partial charge on any atom is -0.497 e. The maximum Gasteiger partial charge on any atom is 0.163 e. The first kappa shape index (κ1) is 27.6. The number of allylic oxidation sites excluding steroid dienone is 4. The summed E-state index contributed by atoms with van der Waals surface area (Å²) in [5.41, 5.74) is 4.06. The van der Waals surface area contributed by atoms with Crippen molar-refractivity contribution in [2.75, 3.05) is 28.4 Å². The highest BCUT2D eigenvalue weighted by Gasteiger charge is 2.45. The first-order chi connectivity index (χ1) is 20.4. The number of rotatable bonds is 7. The van der Waals surface area contributed by atoms with Crippen LogP contribution in [0.3, 0.4) is 0 Å². The van der Waals surface area contributed by atoms with E-state index in [0.29, 0.717) is 59.8 Å². The van der Waals surface area contributed by atoms with Crippen LogP contribution < -0.4 is 18.9 Å². The number of hydrogen-bond acceptors (Lipinski definition) is 7. The number of methoxy groups -OCH3 is 4. The van der Waals surface area contributed by atoms with E-state index in [1.54, 1.807) is 28.4 Å². The fourth-order valence-electron chi connectivity index (χ4n) is 6.51. The third-order valence-electron chi connectivity index (χ3n) is 8.67. The van der Waals surface area contributed by atoms with Gasteiger partial charge in [-0.05, 0) is 64.9 Å². The molecule has 3 atom stereocenters. The third kappa shape index (κ3) is 4.93. The molecule has 3 aromatic carbocycles. The van der Waals surface area contributed by atoms with Crippen LogP contribution in [0.5, 0.6) is 23.0 Å². The van der Waals surface area contributed by atoms with Gasteiger partial charge in [-0.25, -0.2) is 0 Å². The normalized spacial score (nSPS) is 21.8. The summed E-state index contributed by atoms with van der Waals surface area (Å²) in [7, 11) is 6.44. The average molecular weight is 567 g/mol. The summed E-state index contributed by atoms with van der Waals surface area (Å²) in [6.45, 7) is 0. The van der Waals surface area contributed by atoms with Crippen molar-refractivity contribution in [1.29, 1.82) is 0 Å². The van der Waals surface area contributed by atoms with Crippen LogP contribution in [0.25, 0.3) is 0 Å². The van der Waals surface area contributed by atoms with Gasteiger partial charge in [0.05, 0.1) is 28.4 Å². The first-order valence-corrected chi connectivity index (χ1v) is 14.1. The standard InChI is InChI=1S/C35H34O7/c1-38-25-10-5-20(6-11-25)23-15-27(36)34-31(18-23)42-32-19-24(21-7-12-26(39-2)13-8-21)16-28(37)35(32)33(34)22-9-14-29(40-3)30(17-22)41-4/h5-14,17,23-24,33H,15-16,18-19H2,1-4H3/t23-,24+,33?. The smallest absolute Gasteiger partial charge is 0.163 e. The van der Waals surface area contributed by atoms with E-state index in [9.17, 15) is 9.59 Å². The van der Waals surface area contributed by atoms with E-state index in [1.165, 1.54) is 0 Å². The Bertz CT molecular complexity index is 1490. The second-order valence-corrected chi connectivity index (χ2v) is 10.9. The van der Waals surface area contributed by atoms with Crippen LogP contribution in [-0.2, 0) is 14.3 Å². The van der Waals surface area contributed by atoms with Crippen molar-refractivity contribution >= 4 is 11.6 Å². The Morgan fingerprint density at radius 3 is 1.43 bits per heavy atom. The Labute approximate surface area is 245 Å². The van der Waals surface area contributed by atoms with E-state index in [1.807, 2.05) is 66.7 Å². The number of carbonyl (C=O) groups is 2. The topological polar surface area (TPSA) is 80.3 Å². The summed E-state index contributed by atoms with van der Waals surface area (Å²) in [6, 6.07) is 21.3. The molecule has 2 aliphatic carbocycles. The van der Waals surface area contributed by atoms with Crippen molar-refractivity contribution in [3.63, 3.8) is 0 Å². The summed E-state index contributed by atoms with van der Waals surface area (Å²) in [5, 5.41) is 0. The number of Topliss-reactive ketones (excluding diaryl/α,β-unsaturated/α-hetero) is 2. The van der Waals surface area contributed by atoms with Crippen LogP contribution in [0, 0.1) is 0 Å². The summed E-state index contributed by atoms with van der Waals surface area (Å²) >= 11 is 0. The van der Waals surface area contributed by atoms with Gasteiger partial charge >= 0.3 is 0 Å². The summed E-state index contributed by atoms with van der Waals surface area (Å²) < 4.78 is 28.3. The summed E-state index contributed by atoms with van der Waals surface area (Å²) in [5.74, 6) is 3.35. The SMILES string of the molecule is COc1ccc([C@@H]2CC(=O)C3=C(C2)OC2=C(C(=O)C[C@H](c4ccc(OC)cc4)C2)C3c2ccc(OC)c(OC)c2)cc1. The number of carbonyl (C=O) groups excluding carboxylic acids is 2. The molecule has 1 aliphatic heterocycles. The van der Waals surface area contributed by atoms with Crippen LogP contribution in [-0.4, -0.2) is 40.0 Å². The van der Waals surface area contributed by atoms with Gasteiger partial charge < -0.3 is 23.7 Å². The van der Waals surface area contributed by atoms with Crippen molar-refractivity contribution < 1.29 is 33.3 Å². The molecule has 0 amide bonds. The molecule has 7 heteroatoms. The van der Waals surface area contributed by atoms with E-state index in [0.717, 1.165) is 28.2 Å². The molecule has 0 aromatic heterocycles. The molecular formula is C35H34O7. The predicted octanol–water partition coefficient (Wildman–Crippen LogP) is 6.64. The van der Waals surface area contributed by atoms with E-state index in [4.69, 9.17) is 23.7 Å². The largest absolute Gasteiger partial charge is 0.497 e. The second-order valence-electron chi connectivity index (χ2n) is 10.9. The Kier molecular flexibility index (Phi) is 7.50. The molecular weight excluding hydrogens is 532 g/mol. The van der Waals surface area contributed by atoms with E-state index in [-0.39, 0.29) is 23.4 Å². The number of ketones is 2. The van der Waals surface area contributed by atoms with Crippen LogP contribution >= 0.6 is 0 Å². The van der Waals surface area contributed by atoms with E-state index in [2.05, 4.69) is 0 Å². The van der Waals surface area contributed by atoms with Gasteiger partial charge in [0, 0.05) is 42.7 Å². The summed E-state index contributed by atoms with van der Waals surface area (Å²) in [4.78, 5) is 27.9. The van der Waals surface area contributed by atoms with Crippen LogP contribution in [0.2, 0.25) is 0 Å². The Morgan fingerprint density at radius 1 is 0.548 bits per heavy atom. The fourth-order valence-corrected chi connectivity index (χ4v) is 6.51. The highest BCUT2D eigenvalue weighted by atomic mass is 16.5. The lowest BCUT2D eigenvalue weighted by Crippen LogP contribution is -2.33. The monoisotopic (exact) mass is 566 g/mol. The average Bonchev–Trinajstić information content (AvgIpc) is 3.03. The number of ether oxygens (including phenoxy) is 5. The van der Waals surface area contributed by atoms with E-state index >= 15 is 0 Å². The highest BCUT2D eigenvalue weighted by molar-refractivity contribution is 6.06. The lowest BCUT2D eigenvalue weighted by molar-refractivity contribution is -0.118. The van der Waals surface area contributed by atoms with E-state index < -0.39 is 5.92 Å². The van der Waals surface area contributed by atoms with Crippen LogP contribution in [0.1, 0.15) is 60.1 Å². The molecule has 216 valence electrons. The minimum absolute atomic E-state index is 0.00604. The van der Waals surface area contributed by atoms with Crippen LogP contribution in [0.15, 0.2) is 89.4 Å². The molecule has 6 rings (SSSR count). The van der Waals surface area contributed by atoms with Gasteiger partial charge in [0.15, 0.2) is 23.1 Å². The third-order valence-corrected chi connectivity index (χ3v) is 8.67. The van der Waals surface area contributed by atoms with Gasteiger partial charge in [-0.3, -0.25) is 9.59 Å². The fraction of sp³-hybridized carbons (Fsp3) is 0.314. The maximum absolute atomic E-state index is 14.0. The zero-order valence-corrected chi connectivity index (χ0v) is 24.3. The molecule has 0 saturated carbocycles. The molecule has 1 heterocycles. The second kappa shape index (κ2) is 11.4. The van der Waals surface area contributed by atoms with Crippen molar-refractivity contribution in [2.45, 2.75) is 43.4 Å². The number of benzene rings is 3. The Hall–Kier alpha value is -4.52. The lowest BCUT2D eigenvalue weighted by atomic mass is 9.69. The zero-order valence-electron chi connectivity index (χ0n) is 24.3. The molecule has 0 bridgehead atoms. The molecule has 1 unspecified atom stereocenters. The molecule has 0 saturated heterocycles. The highest BCUT2D eigenvalue weighted by Crippen LogP contribution is 2.52. The Morgan fingerprint density at radius 2 is 1.00 bits per heavy atom. The van der Waals surface area contributed by atoms with Gasteiger partial charge in [0.2, 0.25) is 0 Å². The number of hydrogen-bond donors (Lipinski definition) is 0.